The second-order valence-corrected chi connectivity index (χ2v) is 10.6. The minimum absolute atomic E-state index is 0.0647. The Kier molecular flexibility index (Phi) is 6.53. The number of likely N-dealkylation sites (N-methyl/N-ethyl adjacent to an activating group) is 1. The van der Waals surface area contributed by atoms with Gasteiger partial charge in [0.25, 0.3) is 11.8 Å². The molecule has 1 atom stereocenters. The molecule has 8 amide bonds. The maximum absolute atomic E-state index is 13.7. The lowest BCUT2D eigenvalue weighted by atomic mass is 9.67. The Morgan fingerprint density at radius 1 is 1.00 bits per heavy atom. The minimum Gasteiger partial charge on any atom is -0.364 e. The molecule has 3 fully saturated rings. The molecule has 39 heavy (non-hydrogen) atoms. The SMILES string of the molecule is CCCCN1C(=O)NC(=O)C(=Cc2ccc3c(c2)CC2(C(=O)N(C)C(=O)N(C)C2=O)C2CN(C)CCN32)C1=O. The van der Waals surface area contributed by atoms with E-state index >= 15 is 0 Å². The van der Waals surface area contributed by atoms with E-state index in [2.05, 4.69) is 15.1 Å². The van der Waals surface area contributed by atoms with Crippen LogP contribution in [-0.4, -0.2) is 109 Å². The lowest BCUT2D eigenvalue weighted by Crippen LogP contribution is -2.74. The van der Waals surface area contributed by atoms with Crippen LogP contribution in [0.2, 0.25) is 0 Å². The summed E-state index contributed by atoms with van der Waals surface area (Å²) in [6.45, 7) is 3.91. The third-order valence-electron chi connectivity index (χ3n) is 8.21. The van der Waals surface area contributed by atoms with Crippen LogP contribution < -0.4 is 10.2 Å². The first-order chi connectivity index (χ1) is 18.5. The highest BCUT2D eigenvalue weighted by Gasteiger charge is 2.63. The van der Waals surface area contributed by atoms with Gasteiger partial charge in [0, 0.05) is 46.0 Å². The molecule has 1 unspecified atom stereocenters. The average Bonchev–Trinajstić information content (AvgIpc) is 2.91. The van der Waals surface area contributed by atoms with Crippen molar-refractivity contribution < 1.29 is 28.8 Å². The maximum atomic E-state index is 13.7. The number of imide groups is 4. The zero-order valence-corrected chi connectivity index (χ0v) is 22.5. The van der Waals surface area contributed by atoms with Crippen LogP contribution in [0.3, 0.4) is 0 Å². The predicted octanol–water partition coefficient (Wildman–Crippen LogP) is 0.662. The molecule has 0 aliphatic carbocycles. The van der Waals surface area contributed by atoms with E-state index in [1.54, 1.807) is 12.1 Å². The van der Waals surface area contributed by atoms with Crippen molar-refractivity contribution in [3.05, 3.63) is 34.9 Å². The Morgan fingerprint density at radius 2 is 1.69 bits per heavy atom. The van der Waals surface area contributed by atoms with Crippen molar-refractivity contribution in [3.8, 4) is 0 Å². The van der Waals surface area contributed by atoms with Crippen LogP contribution in [0.25, 0.3) is 6.08 Å². The van der Waals surface area contributed by atoms with Crippen LogP contribution in [0.5, 0.6) is 0 Å². The first kappa shape index (κ1) is 26.5. The highest BCUT2D eigenvalue weighted by atomic mass is 16.2. The molecule has 3 saturated heterocycles. The standard InChI is InChI=1S/C27H32N6O6/c1-5-6-9-33-22(35)18(21(34)28-25(33)38)13-16-7-8-19-17(12-16)14-27(20-15-29(2)10-11-32(19)20)23(36)30(3)26(39)31(4)24(27)37/h7-8,12-13,20H,5-6,9-11,14-15H2,1-4H3,(H,28,34,38). The van der Waals surface area contributed by atoms with Gasteiger partial charge in [-0.25, -0.2) is 9.59 Å². The molecule has 206 valence electrons. The van der Waals surface area contributed by atoms with Crippen LogP contribution in [-0.2, 0) is 25.6 Å². The van der Waals surface area contributed by atoms with Crippen LogP contribution in [0.15, 0.2) is 23.8 Å². The Bertz CT molecular complexity index is 1310. The van der Waals surface area contributed by atoms with Gasteiger partial charge in [-0.3, -0.25) is 39.2 Å². The third kappa shape index (κ3) is 4.01. The van der Waals surface area contributed by atoms with Gasteiger partial charge in [0.15, 0.2) is 5.41 Å². The van der Waals surface area contributed by atoms with E-state index in [9.17, 15) is 28.8 Å². The van der Waals surface area contributed by atoms with Crippen LogP contribution in [0.1, 0.15) is 30.9 Å². The van der Waals surface area contributed by atoms with Crippen molar-refractivity contribution in [2.45, 2.75) is 32.2 Å². The number of barbiturate groups is 2. The second kappa shape index (κ2) is 9.60. The molecule has 5 rings (SSSR count). The van der Waals surface area contributed by atoms with E-state index in [0.29, 0.717) is 30.6 Å². The molecule has 4 aliphatic heterocycles. The summed E-state index contributed by atoms with van der Waals surface area (Å²) in [5.41, 5.74) is 0.414. The first-order valence-corrected chi connectivity index (χ1v) is 13.1. The Morgan fingerprint density at radius 3 is 2.36 bits per heavy atom. The molecular formula is C27H32N6O6. The topological polar surface area (TPSA) is 131 Å². The van der Waals surface area contributed by atoms with Gasteiger partial charge in [0.05, 0.1) is 6.04 Å². The molecule has 4 aliphatic rings. The molecule has 1 N–H and O–H groups in total. The van der Waals surface area contributed by atoms with Gasteiger partial charge in [0.2, 0.25) is 11.8 Å². The normalized spacial score (nSPS) is 24.5. The summed E-state index contributed by atoms with van der Waals surface area (Å²) < 4.78 is 0. The molecule has 1 aromatic rings. The summed E-state index contributed by atoms with van der Waals surface area (Å²) >= 11 is 0. The Hall–Kier alpha value is -4.06. The van der Waals surface area contributed by atoms with Gasteiger partial charge >= 0.3 is 12.1 Å². The quantitative estimate of drug-likeness (QED) is 0.338. The van der Waals surface area contributed by atoms with Crippen molar-refractivity contribution >= 4 is 47.5 Å². The number of benzene rings is 1. The van der Waals surface area contributed by atoms with E-state index < -0.39 is 47.1 Å². The molecular weight excluding hydrogens is 504 g/mol. The van der Waals surface area contributed by atoms with E-state index in [1.807, 2.05) is 20.0 Å². The summed E-state index contributed by atoms with van der Waals surface area (Å²) in [5.74, 6) is -2.51. The molecule has 1 aromatic carbocycles. The molecule has 0 saturated carbocycles. The number of anilines is 1. The Balaban J connectivity index is 1.58. The van der Waals surface area contributed by atoms with Gasteiger partial charge in [-0.05, 0) is 49.2 Å². The highest BCUT2D eigenvalue weighted by Crippen LogP contribution is 2.47. The van der Waals surface area contributed by atoms with Crippen LogP contribution in [0.4, 0.5) is 15.3 Å². The summed E-state index contributed by atoms with van der Waals surface area (Å²) in [6, 6.07) is 3.53. The first-order valence-electron chi connectivity index (χ1n) is 13.1. The largest absolute Gasteiger partial charge is 0.364 e. The number of piperazine rings is 1. The number of unbranched alkanes of at least 4 members (excludes halogenated alkanes) is 1. The Labute approximate surface area is 226 Å². The number of nitrogens with one attached hydrogen (secondary N) is 1. The van der Waals surface area contributed by atoms with Crippen LogP contribution in [0, 0.1) is 5.41 Å². The van der Waals surface area contributed by atoms with Crippen molar-refractivity contribution in [1.29, 1.82) is 0 Å². The average molecular weight is 537 g/mol. The lowest BCUT2D eigenvalue weighted by Gasteiger charge is -2.55. The number of carbonyl (C=O) groups excluding carboxylic acids is 6. The van der Waals surface area contributed by atoms with Crippen molar-refractivity contribution in [2.75, 3.05) is 52.2 Å². The number of hydrogen-bond acceptors (Lipinski definition) is 8. The fourth-order valence-electron chi connectivity index (χ4n) is 6.07. The van der Waals surface area contributed by atoms with Gasteiger partial charge < -0.3 is 9.80 Å². The molecule has 4 heterocycles. The lowest BCUT2D eigenvalue weighted by molar-refractivity contribution is -0.160. The fourth-order valence-corrected chi connectivity index (χ4v) is 6.07. The predicted molar refractivity (Wildman–Crippen MR) is 140 cm³/mol. The molecule has 12 heteroatoms. The van der Waals surface area contributed by atoms with Gasteiger partial charge in [-0.15, -0.1) is 0 Å². The number of hydrogen-bond donors (Lipinski definition) is 1. The molecule has 0 aromatic heterocycles. The molecule has 0 radical (unpaired) electrons. The van der Waals surface area contributed by atoms with E-state index in [-0.39, 0.29) is 18.5 Å². The number of fused-ring (bicyclic) bond motifs is 4. The van der Waals surface area contributed by atoms with Gasteiger partial charge in [0.1, 0.15) is 5.57 Å². The number of nitrogens with zero attached hydrogens (tertiary/aromatic N) is 5. The third-order valence-corrected chi connectivity index (χ3v) is 8.21. The smallest absolute Gasteiger partial charge is 0.332 e. The number of carbonyl (C=O) groups is 6. The summed E-state index contributed by atoms with van der Waals surface area (Å²) in [5, 5.41) is 2.23. The molecule has 0 bridgehead atoms. The maximum Gasteiger partial charge on any atom is 0.332 e. The number of urea groups is 2. The molecule has 12 nitrogen and oxygen atoms in total. The summed E-state index contributed by atoms with van der Waals surface area (Å²) in [7, 11) is 4.72. The van der Waals surface area contributed by atoms with Crippen molar-refractivity contribution in [1.82, 2.24) is 24.9 Å². The van der Waals surface area contributed by atoms with E-state index in [4.69, 9.17) is 0 Å². The van der Waals surface area contributed by atoms with Crippen molar-refractivity contribution in [3.63, 3.8) is 0 Å². The zero-order valence-electron chi connectivity index (χ0n) is 22.5. The minimum atomic E-state index is -1.51. The van der Waals surface area contributed by atoms with Crippen molar-refractivity contribution in [2.24, 2.45) is 5.41 Å². The molecule has 1 spiro atoms. The van der Waals surface area contributed by atoms with Gasteiger partial charge in [-0.1, -0.05) is 19.4 Å². The zero-order chi connectivity index (χ0) is 28.2. The van der Waals surface area contributed by atoms with Gasteiger partial charge in [-0.2, -0.15) is 0 Å². The second-order valence-electron chi connectivity index (χ2n) is 10.6. The number of rotatable bonds is 4. The fraction of sp³-hybridized carbons (Fsp3) is 0.481. The monoisotopic (exact) mass is 536 g/mol. The van der Waals surface area contributed by atoms with Crippen LogP contribution >= 0.6 is 0 Å². The summed E-state index contributed by atoms with van der Waals surface area (Å²) in [4.78, 5) is 85.1. The summed E-state index contributed by atoms with van der Waals surface area (Å²) in [6.07, 6.45) is 2.88. The van der Waals surface area contributed by atoms with E-state index in [0.717, 1.165) is 33.4 Å². The number of amides is 8. The highest BCUT2D eigenvalue weighted by molar-refractivity contribution is 6.31. The van der Waals surface area contributed by atoms with E-state index in [1.165, 1.54) is 20.2 Å².